The van der Waals surface area contributed by atoms with Gasteiger partial charge in [-0.25, -0.2) is 8.78 Å². The summed E-state index contributed by atoms with van der Waals surface area (Å²) in [5.41, 5.74) is 4.56. The number of benzene rings is 1. The first-order valence-corrected chi connectivity index (χ1v) is 6.10. The van der Waals surface area contributed by atoms with Gasteiger partial charge in [0.05, 0.1) is 11.8 Å². The Bertz CT molecular complexity index is 494. The van der Waals surface area contributed by atoms with Crippen molar-refractivity contribution in [3.8, 4) is 0 Å². The number of nitrogen functional groups attached to an aromatic ring is 1. The molecule has 1 amide bonds. The minimum Gasteiger partial charge on any atom is -0.396 e. The summed E-state index contributed by atoms with van der Waals surface area (Å²) in [6.45, 7) is 0.801. The first kappa shape index (κ1) is 13.7. The molecule has 1 atom stereocenters. The van der Waals surface area contributed by atoms with E-state index in [0.717, 1.165) is 25.0 Å². The summed E-state index contributed by atoms with van der Waals surface area (Å²) in [6.07, 6.45) is 1.49. The lowest BCUT2D eigenvalue weighted by Gasteiger charge is -2.32. The summed E-state index contributed by atoms with van der Waals surface area (Å²) in [6, 6.07) is 2.11. The van der Waals surface area contributed by atoms with Gasteiger partial charge in [0.25, 0.3) is 5.91 Å². The number of rotatable bonds is 2. The van der Waals surface area contributed by atoms with Gasteiger partial charge in [0, 0.05) is 20.2 Å². The van der Waals surface area contributed by atoms with Crippen LogP contribution in [0.25, 0.3) is 0 Å². The van der Waals surface area contributed by atoms with Crippen molar-refractivity contribution < 1.29 is 18.3 Å². The highest BCUT2D eigenvalue weighted by atomic mass is 19.1. The minimum absolute atomic E-state index is 0.0927. The third kappa shape index (κ3) is 2.68. The van der Waals surface area contributed by atoms with Crippen LogP contribution in [0.15, 0.2) is 12.1 Å². The molecule has 1 fully saturated rings. The van der Waals surface area contributed by atoms with Gasteiger partial charge in [-0.1, -0.05) is 0 Å². The van der Waals surface area contributed by atoms with Crippen LogP contribution in [0.3, 0.4) is 0 Å². The van der Waals surface area contributed by atoms with E-state index in [2.05, 4.69) is 0 Å². The molecule has 0 aliphatic carbocycles. The first-order chi connectivity index (χ1) is 9.04. The Morgan fingerprint density at radius 3 is 2.89 bits per heavy atom. The SMILES string of the molecule is COC1CCCN(C(=O)c2c(F)ccc(N)c2F)C1. The van der Waals surface area contributed by atoms with Gasteiger partial charge < -0.3 is 15.4 Å². The zero-order chi connectivity index (χ0) is 14.0. The molecular weight excluding hydrogens is 254 g/mol. The standard InChI is InChI=1S/C13H16F2N2O2/c1-19-8-3-2-6-17(7-8)13(18)11-9(14)4-5-10(16)12(11)15/h4-5,8H,2-3,6-7,16H2,1H3. The van der Waals surface area contributed by atoms with E-state index in [4.69, 9.17) is 10.5 Å². The number of ether oxygens (including phenoxy) is 1. The summed E-state index contributed by atoms with van der Waals surface area (Å²) < 4.78 is 32.6. The predicted molar refractivity (Wildman–Crippen MR) is 66.7 cm³/mol. The molecule has 104 valence electrons. The molecule has 1 unspecified atom stereocenters. The van der Waals surface area contributed by atoms with E-state index in [9.17, 15) is 13.6 Å². The monoisotopic (exact) mass is 270 g/mol. The summed E-state index contributed by atoms with van der Waals surface area (Å²) in [7, 11) is 1.56. The summed E-state index contributed by atoms with van der Waals surface area (Å²) in [5.74, 6) is -2.56. The minimum atomic E-state index is -0.996. The number of methoxy groups -OCH3 is 1. The van der Waals surface area contributed by atoms with Crippen molar-refractivity contribution in [1.29, 1.82) is 0 Å². The molecule has 2 rings (SSSR count). The molecule has 0 saturated carbocycles. The zero-order valence-corrected chi connectivity index (χ0v) is 10.7. The first-order valence-electron chi connectivity index (χ1n) is 6.10. The molecule has 1 heterocycles. The number of nitrogens with two attached hydrogens (primary N) is 1. The van der Waals surface area contributed by atoms with Crippen molar-refractivity contribution >= 4 is 11.6 Å². The Morgan fingerprint density at radius 1 is 1.47 bits per heavy atom. The fourth-order valence-corrected chi connectivity index (χ4v) is 2.24. The summed E-state index contributed by atoms with van der Waals surface area (Å²) in [4.78, 5) is 13.6. The second-order valence-electron chi connectivity index (χ2n) is 4.58. The van der Waals surface area contributed by atoms with Crippen molar-refractivity contribution in [2.45, 2.75) is 18.9 Å². The fourth-order valence-electron chi connectivity index (χ4n) is 2.24. The number of anilines is 1. The van der Waals surface area contributed by atoms with Crippen molar-refractivity contribution in [1.82, 2.24) is 4.90 Å². The van der Waals surface area contributed by atoms with E-state index < -0.39 is 23.1 Å². The molecule has 1 saturated heterocycles. The van der Waals surface area contributed by atoms with Crippen LogP contribution in [0, 0.1) is 11.6 Å². The normalized spacial score (nSPS) is 19.5. The van der Waals surface area contributed by atoms with E-state index in [-0.39, 0.29) is 11.8 Å². The molecule has 0 spiro atoms. The molecule has 0 aromatic heterocycles. The molecule has 19 heavy (non-hydrogen) atoms. The molecule has 6 heteroatoms. The highest BCUT2D eigenvalue weighted by Gasteiger charge is 2.28. The second-order valence-corrected chi connectivity index (χ2v) is 4.58. The quantitative estimate of drug-likeness (QED) is 0.834. The van der Waals surface area contributed by atoms with Crippen molar-refractivity contribution in [2.75, 3.05) is 25.9 Å². The third-order valence-electron chi connectivity index (χ3n) is 3.33. The average molecular weight is 270 g/mol. The number of likely N-dealkylation sites (tertiary alicyclic amines) is 1. The Balaban J connectivity index is 2.27. The maximum Gasteiger partial charge on any atom is 0.260 e. The number of nitrogens with zero attached hydrogens (tertiary/aromatic N) is 1. The van der Waals surface area contributed by atoms with E-state index >= 15 is 0 Å². The second kappa shape index (κ2) is 5.52. The highest BCUT2D eigenvalue weighted by Crippen LogP contribution is 2.22. The van der Waals surface area contributed by atoms with Crippen molar-refractivity contribution in [3.05, 3.63) is 29.3 Å². The van der Waals surface area contributed by atoms with Crippen LogP contribution in [0.4, 0.5) is 14.5 Å². The fraction of sp³-hybridized carbons (Fsp3) is 0.462. The Morgan fingerprint density at radius 2 is 2.21 bits per heavy atom. The molecule has 1 aromatic rings. The lowest BCUT2D eigenvalue weighted by molar-refractivity contribution is 0.0264. The molecule has 4 nitrogen and oxygen atoms in total. The van der Waals surface area contributed by atoms with E-state index in [1.165, 1.54) is 4.90 Å². The number of piperidine rings is 1. The van der Waals surface area contributed by atoms with E-state index in [0.29, 0.717) is 13.1 Å². The smallest absolute Gasteiger partial charge is 0.260 e. The van der Waals surface area contributed by atoms with Crippen LogP contribution in [-0.4, -0.2) is 37.1 Å². The Hall–Kier alpha value is -1.69. The van der Waals surface area contributed by atoms with Crippen LogP contribution >= 0.6 is 0 Å². The van der Waals surface area contributed by atoms with Gasteiger partial charge in [-0.05, 0) is 25.0 Å². The summed E-state index contributed by atoms with van der Waals surface area (Å²) >= 11 is 0. The number of carbonyl (C=O) groups is 1. The van der Waals surface area contributed by atoms with Crippen LogP contribution in [-0.2, 0) is 4.74 Å². The molecular formula is C13H16F2N2O2. The predicted octanol–water partition coefficient (Wildman–Crippen LogP) is 1.80. The highest BCUT2D eigenvalue weighted by molar-refractivity contribution is 5.95. The van der Waals surface area contributed by atoms with Crippen LogP contribution in [0.1, 0.15) is 23.2 Å². The van der Waals surface area contributed by atoms with Crippen LogP contribution in [0.5, 0.6) is 0 Å². The molecule has 1 aromatic carbocycles. The maximum absolute atomic E-state index is 13.8. The third-order valence-corrected chi connectivity index (χ3v) is 3.33. The Kier molecular flexibility index (Phi) is 3.99. The molecule has 0 bridgehead atoms. The zero-order valence-electron chi connectivity index (χ0n) is 10.7. The number of hydrogen-bond donors (Lipinski definition) is 1. The van der Waals surface area contributed by atoms with Crippen LogP contribution in [0.2, 0.25) is 0 Å². The summed E-state index contributed by atoms with van der Waals surface area (Å²) in [5, 5.41) is 0. The number of amides is 1. The maximum atomic E-state index is 13.8. The van der Waals surface area contributed by atoms with Gasteiger partial charge >= 0.3 is 0 Å². The van der Waals surface area contributed by atoms with Crippen molar-refractivity contribution in [3.63, 3.8) is 0 Å². The van der Waals surface area contributed by atoms with Gasteiger partial charge in [-0.3, -0.25) is 4.79 Å². The number of halogens is 2. The molecule has 0 radical (unpaired) electrons. The van der Waals surface area contributed by atoms with Gasteiger partial charge in [0.1, 0.15) is 11.4 Å². The largest absolute Gasteiger partial charge is 0.396 e. The van der Waals surface area contributed by atoms with Gasteiger partial charge in [0.2, 0.25) is 0 Å². The molecule has 2 N–H and O–H groups in total. The molecule has 1 aliphatic heterocycles. The van der Waals surface area contributed by atoms with E-state index in [1.54, 1.807) is 7.11 Å². The molecule has 1 aliphatic rings. The van der Waals surface area contributed by atoms with Crippen LogP contribution < -0.4 is 5.73 Å². The van der Waals surface area contributed by atoms with Gasteiger partial charge in [-0.15, -0.1) is 0 Å². The topological polar surface area (TPSA) is 55.6 Å². The van der Waals surface area contributed by atoms with Gasteiger partial charge in [0.15, 0.2) is 5.82 Å². The van der Waals surface area contributed by atoms with E-state index in [1.807, 2.05) is 0 Å². The number of carbonyl (C=O) groups excluding carboxylic acids is 1. The lowest BCUT2D eigenvalue weighted by Crippen LogP contribution is -2.43. The Labute approximate surface area is 110 Å². The number of hydrogen-bond acceptors (Lipinski definition) is 3. The average Bonchev–Trinajstić information content (AvgIpc) is 2.43. The lowest BCUT2D eigenvalue weighted by atomic mass is 10.1. The van der Waals surface area contributed by atoms with Crippen molar-refractivity contribution in [2.24, 2.45) is 0 Å². The van der Waals surface area contributed by atoms with Gasteiger partial charge in [-0.2, -0.15) is 0 Å².